The molecule has 2 rings (SSSR count). The summed E-state index contributed by atoms with van der Waals surface area (Å²) >= 11 is 0. The molecule has 1 aliphatic carbocycles. The van der Waals surface area contributed by atoms with Crippen LogP contribution in [-0.2, 0) is 0 Å². The zero-order valence-electron chi connectivity index (χ0n) is 11.8. The highest BCUT2D eigenvalue weighted by molar-refractivity contribution is 5.76. The van der Waals surface area contributed by atoms with Crippen molar-refractivity contribution >= 4 is 6.03 Å². The second kappa shape index (κ2) is 6.41. The number of nitrogens with one attached hydrogen (secondary N) is 1. The van der Waals surface area contributed by atoms with E-state index in [4.69, 9.17) is 0 Å². The molecule has 0 aromatic carbocycles. The van der Waals surface area contributed by atoms with Crippen LogP contribution >= 0.6 is 0 Å². The molecule has 2 aliphatic rings. The highest BCUT2D eigenvalue weighted by Crippen LogP contribution is 2.29. The van der Waals surface area contributed by atoms with Gasteiger partial charge in [0.1, 0.15) is 0 Å². The summed E-state index contributed by atoms with van der Waals surface area (Å²) in [6, 6.07) is 0.909. The number of carbonyl (C=O) groups excluding carboxylic acids is 1. The Morgan fingerprint density at radius 3 is 2.83 bits per heavy atom. The number of likely N-dealkylation sites (N-methyl/N-ethyl adjacent to an activating group) is 1. The number of carbonyl (C=O) groups is 1. The van der Waals surface area contributed by atoms with Crippen LogP contribution in [0.25, 0.3) is 0 Å². The molecule has 2 unspecified atom stereocenters. The van der Waals surface area contributed by atoms with Crippen LogP contribution < -0.4 is 5.32 Å². The summed E-state index contributed by atoms with van der Waals surface area (Å²) in [5.41, 5.74) is 0. The molecule has 0 spiro atoms. The van der Waals surface area contributed by atoms with Crippen LogP contribution in [0.2, 0.25) is 0 Å². The van der Waals surface area contributed by atoms with E-state index in [9.17, 15) is 4.79 Å². The molecule has 1 heterocycles. The third-order valence-corrected chi connectivity index (χ3v) is 4.39. The third kappa shape index (κ3) is 3.16. The fourth-order valence-electron chi connectivity index (χ4n) is 3.21. The van der Waals surface area contributed by atoms with E-state index in [0.29, 0.717) is 6.04 Å². The predicted octanol–water partition coefficient (Wildman–Crippen LogP) is 1.91. The van der Waals surface area contributed by atoms with Crippen molar-refractivity contribution in [2.45, 2.75) is 45.1 Å². The number of urea groups is 1. The summed E-state index contributed by atoms with van der Waals surface area (Å²) in [4.78, 5) is 15.6. The number of hydrogen-bond donors (Lipinski definition) is 1. The molecule has 0 bridgehead atoms. The fraction of sp³-hybridized carbons (Fsp3) is 0.929. The van der Waals surface area contributed by atoms with Gasteiger partial charge in [0, 0.05) is 32.7 Å². The molecule has 1 N–H and O–H groups in total. The lowest BCUT2D eigenvalue weighted by molar-refractivity contribution is 0.194. The molecule has 1 aliphatic heterocycles. The van der Waals surface area contributed by atoms with Crippen LogP contribution in [-0.4, -0.2) is 55.1 Å². The average Bonchev–Trinajstić information content (AvgIpc) is 2.94. The maximum absolute atomic E-state index is 11.8. The number of hydrogen-bond acceptors (Lipinski definition) is 2. The molecule has 2 amide bonds. The fourth-order valence-corrected chi connectivity index (χ4v) is 3.21. The Balaban J connectivity index is 1.74. The Hall–Kier alpha value is -0.770. The molecule has 0 aromatic heterocycles. The Morgan fingerprint density at radius 2 is 2.17 bits per heavy atom. The zero-order valence-corrected chi connectivity index (χ0v) is 11.8. The van der Waals surface area contributed by atoms with Crippen molar-refractivity contribution in [3.05, 3.63) is 0 Å². The van der Waals surface area contributed by atoms with Crippen LogP contribution in [0.4, 0.5) is 4.79 Å². The zero-order chi connectivity index (χ0) is 13.0. The largest absolute Gasteiger partial charge is 0.326 e. The van der Waals surface area contributed by atoms with Gasteiger partial charge in [0.2, 0.25) is 0 Å². The molecule has 104 valence electrons. The number of amides is 2. The van der Waals surface area contributed by atoms with E-state index < -0.39 is 0 Å². The summed E-state index contributed by atoms with van der Waals surface area (Å²) in [6.07, 6.45) is 6.37. The van der Waals surface area contributed by atoms with Gasteiger partial charge in [-0.05, 0) is 38.1 Å². The van der Waals surface area contributed by atoms with Crippen molar-refractivity contribution in [3.8, 4) is 0 Å². The van der Waals surface area contributed by atoms with Gasteiger partial charge in [-0.25, -0.2) is 4.79 Å². The highest BCUT2D eigenvalue weighted by Gasteiger charge is 2.29. The summed E-state index contributed by atoms with van der Waals surface area (Å²) in [6.45, 7) is 6.09. The molecule has 1 saturated carbocycles. The Labute approximate surface area is 111 Å². The molecule has 18 heavy (non-hydrogen) atoms. The van der Waals surface area contributed by atoms with Crippen molar-refractivity contribution in [2.24, 2.45) is 5.92 Å². The smallest absolute Gasteiger partial charge is 0.319 e. The van der Waals surface area contributed by atoms with Gasteiger partial charge in [-0.1, -0.05) is 13.3 Å². The molecule has 2 atom stereocenters. The van der Waals surface area contributed by atoms with Crippen molar-refractivity contribution in [3.63, 3.8) is 0 Å². The molecular weight excluding hydrogens is 226 g/mol. The lowest BCUT2D eigenvalue weighted by Gasteiger charge is -2.23. The predicted molar refractivity (Wildman–Crippen MR) is 73.6 cm³/mol. The minimum atomic E-state index is 0.214. The molecule has 1 saturated heterocycles. The van der Waals surface area contributed by atoms with E-state index in [1.807, 2.05) is 16.8 Å². The summed E-state index contributed by atoms with van der Waals surface area (Å²) < 4.78 is 0. The van der Waals surface area contributed by atoms with Crippen LogP contribution in [0.3, 0.4) is 0 Å². The molecular formula is C14H27N3O. The van der Waals surface area contributed by atoms with Crippen molar-refractivity contribution in [1.29, 1.82) is 0 Å². The average molecular weight is 253 g/mol. The monoisotopic (exact) mass is 253 g/mol. The van der Waals surface area contributed by atoms with Gasteiger partial charge < -0.3 is 15.1 Å². The highest BCUT2D eigenvalue weighted by atomic mass is 16.2. The van der Waals surface area contributed by atoms with Crippen molar-refractivity contribution < 1.29 is 4.79 Å². The van der Waals surface area contributed by atoms with Crippen molar-refractivity contribution in [2.75, 3.05) is 33.2 Å². The maximum Gasteiger partial charge on any atom is 0.319 e. The van der Waals surface area contributed by atoms with Gasteiger partial charge in [0.25, 0.3) is 0 Å². The normalized spacial score (nSPS) is 28.4. The van der Waals surface area contributed by atoms with Crippen LogP contribution in [0, 0.1) is 5.92 Å². The quantitative estimate of drug-likeness (QED) is 0.785. The van der Waals surface area contributed by atoms with E-state index in [-0.39, 0.29) is 6.03 Å². The SMILES string of the molecule is CCCNC1CCCC1CCN1CCN(C)C1=O. The molecule has 4 heteroatoms. The lowest BCUT2D eigenvalue weighted by atomic mass is 9.99. The molecule has 2 fully saturated rings. The van der Waals surface area contributed by atoms with Gasteiger partial charge in [-0.3, -0.25) is 0 Å². The van der Waals surface area contributed by atoms with E-state index in [2.05, 4.69) is 12.2 Å². The van der Waals surface area contributed by atoms with E-state index in [1.165, 1.54) is 32.1 Å². The van der Waals surface area contributed by atoms with Gasteiger partial charge in [0.15, 0.2) is 0 Å². The number of rotatable bonds is 6. The van der Waals surface area contributed by atoms with E-state index in [1.54, 1.807) is 0 Å². The van der Waals surface area contributed by atoms with Gasteiger partial charge in [-0.2, -0.15) is 0 Å². The third-order valence-electron chi connectivity index (χ3n) is 4.39. The minimum absolute atomic E-state index is 0.214. The van der Waals surface area contributed by atoms with Gasteiger partial charge >= 0.3 is 6.03 Å². The van der Waals surface area contributed by atoms with Crippen molar-refractivity contribution in [1.82, 2.24) is 15.1 Å². The summed E-state index contributed by atoms with van der Waals surface area (Å²) in [7, 11) is 1.89. The minimum Gasteiger partial charge on any atom is -0.326 e. The Morgan fingerprint density at radius 1 is 1.33 bits per heavy atom. The first-order valence-corrected chi connectivity index (χ1v) is 7.45. The summed E-state index contributed by atoms with van der Waals surface area (Å²) in [5.74, 6) is 0.773. The van der Waals surface area contributed by atoms with Gasteiger partial charge in [0.05, 0.1) is 0 Å². The van der Waals surface area contributed by atoms with Crippen LogP contribution in [0.15, 0.2) is 0 Å². The standard InChI is InChI=1S/C14H27N3O/c1-3-8-15-13-6-4-5-12(13)7-9-17-11-10-16(2)14(17)18/h12-13,15H,3-11H2,1-2H3. The molecule has 0 radical (unpaired) electrons. The van der Waals surface area contributed by atoms with Gasteiger partial charge in [-0.15, -0.1) is 0 Å². The first-order chi connectivity index (χ1) is 8.72. The second-order valence-corrected chi connectivity index (χ2v) is 5.73. The molecule has 0 aromatic rings. The summed E-state index contributed by atoms with van der Waals surface area (Å²) in [5, 5.41) is 3.66. The number of nitrogens with zero attached hydrogens (tertiary/aromatic N) is 2. The molecule has 4 nitrogen and oxygen atoms in total. The van der Waals surface area contributed by atoms with Crippen LogP contribution in [0.5, 0.6) is 0 Å². The lowest BCUT2D eigenvalue weighted by Crippen LogP contribution is -2.36. The van der Waals surface area contributed by atoms with Crippen LogP contribution in [0.1, 0.15) is 39.0 Å². The van der Waals surface area contributed by atoms with E-state index in [0.717, 1.165) is 32.1 Å². The first kappa shape index (κ1) is 13.7. The Kier molecular flexibility index (Phi) is 4.87. The van der Waals surface area contributed by atoms with E-state index >= 15 is 0 Å². The Bertz CT molecular complexity index is 282. The topological polar surface area (TPSA) is 35.6 Å². The first-order valence-electron chi connectivity index (χ1n) is 7.45. The second-order valence-electron chi connectivity index (χ2n) is 5.73. The maximum atomic E-state index is 11.8.